The highest BCUT2D eigenvalue weighted by atomic mass is 35.5. The van der Waals surface area contributed by atoms with Crippen molar-refractivity contribution < 1.29 is 4.74 Å². The molecule has 5 heteroatoms. The maximum Gasteiger partial charge on any atom is 0.218 e. The molecule has 0 spiro atoms. The van der Waals surface area contributed by atoms with Crippen molar-refractivity contribution in [1.29, 1.82) is 0 Å². The van der Waals surface area contributed by atoms with Crippen molar-refractivity contribution in [2.24, 2.45) is 0 Å². The van der Waals surface area contributed by atoms with E-state index in [2.05, 4.69) is 15.3 Å². The number of nitrogens with one attached hydrogen (secondary N) is 1. The Hall–Kier alpha value is -1.81. The average Bonchev–Trinajstić information content (AvgIpc) is 2.48. The first-order valence-corrected chi connectivity index (χ1v) is 7.49. The second-order valence-corrected chi connectivity index (χ2v) is 5.30. The summed E-state index contributed by atoms with van der Waals surface area (Å²) in [6.45, 7) is 6.39. The van der Waals surface area contributed by atoms with E-state index in [0.29, 0.717) is 30.0 Å². The monoisotopic (exact) mass is 305 g/mol. The molecule has 1 aromatic carbocycles. The Morgan fingerprint density at radius 3 is 2.57 bits per heavy atom. The molecule has 1 heterocycles. The van der Waals surface area contributed by atoms with E-state index in [1.165, 1.54) is 0 Å². The fourth-order valence-corrected chi connectivity index (χ4v) is 2.32. The van der Waals surface area contributed by atoms with Gasteiger partial charge in [0.1, 0.15) is 11.6 Å². The molecule has 0 saturated heterocycles. The van der Waals surface area contributed by atoms with Gasteiger partial charge < -0.3 is 10.1 Å². The fourth-order valence-electron chi connectivity index (χ4n) is 2.10. The lowest BCUT2D eigenvalue weighted by molar-refractivity contribution is 0.325. The molecule has 0 aliphatic carbocycles. The number of hydrogen-bond donors (Lipinski definition) is 1. The van der Waals surface area contributed by atoms with Gasteiger partial charge in [-0.3, -0.25) is 0 Å². The first-order chi connectivity index (χ1) is 10.1. The molecule has 0 aliphatic heterocycles. The maximum absolute atomic E-state index is 6.20. The molecular weight excluding hydrogens is 286 g/mol. The molecule has 0 radical (unpaired) electrons. The van der Waals surface area contributed by atoms with Gasteiger partial charge in [0.25, 0.3) is 0 Å². The summed E-state index contributed by atoms with van der Waals surface area (Å²) >= 11 is 6.20. The first kappa shape index (κ1) is 15.6. The number of halogens is 1. The van der Waals surface area contributed by atoms with Crippen LogP contribution >= 0.6 is 11.6 Å². The molecule has 2 rings (SSSR count). The Morgan fingerprint density at radius 2 is 1.95 bits per heavy atom. The van der Waals surface area contributed by atoms with Crippen LogP contribution in [0.4, 0.5) is 5.82 Å². The third-order valence-corrected chi connectivity index (χ3v) is 3.72. The highest BCUT2D eigenvalue weighted by molar-refractivity contribution is 6.18. The number of benzene rings is 1. The third kappa shape index (κ3) is 3.85. The summed E-state index contributed by atoms with van der Waals surface area (Å²) < 4.78 is 5.46. The van der Waals surface area contributed by atoms with Crippen molar-refractivity contribution in [3.63, 3.8) is 0 Å². The van der Waals surface area contributed by atoms with Crippen LogP contribution in [0, 0.1) is 6.92 Å². The summed E-state index contributed by atoms with van der Waals surface area (Å²) in [6.07, 6.45) is 0. The number of nitrogens with zero attached hydrogens (tertiary/aromatic N) is 2. The van der Waals surface area contributed by atoms with Crippen molar-refractivity contribution >= 4 is 17.4 Å². The molecule has 2 aromatic rings. The van der Waals surface area contributed by atoms with Crippen molar-refractivity contribution in [3.05, 3.63) is 47.8 Å². The minimum absolute atomic E-state index is 0.410. The lowest BCUT2D eigenvalue weighted by atomic mass is 9.94. The Kier molecular flexibility index (Phi) is 5.02. The van der Waals surface area contributed by atoms with Crippen LogP contribution in [0.15, 0.2) is 36.4 Å². The van der Waals surface area contributed by atoms with Crippen LogP contribution in [0.25, 0.3) is 0 Å². The molecule has 21 heavy (non-hydrogen) atoms. The first-order valence-electron chi connectivity index (χ1n) is 6.95. The largest absolute Gasteiger partial charge is 0.478 e. The number of aryl methyl sites for hydroxylation is 1. The van der Waals surface area contributed by atoms with Gasteiger partial charge in [-0.25, -0.2) is 4.98 Å². The second-order valence-electron chi connectivity index (χ2n) is 5.03. The number of aromatic nitrogens is 2. The van der Waals surface area contributed by atoms with Gasteiger partial charge in [0.15, 0.2) is 0 Å². The highest BCUT2D eigenvalue weighted by Crippen LogP contribution is 2.27. The van der Waals surface area contributed by atoms with Crippen LogP contribution < -0.4 is 10.1 Å². The van der Waals surface area contributed by atoms with E-state index >= 15 is 0 Å². The lowest BCUT2D eigenvalue weighted by Gasteiger charge is -2.30. The molecule has 0 fully saturated rings. The zero-order chi connectivity index (χ0) is 15.3. The molecule has 4 nitrogen and oxygen atoms in total. The van der Waals surface area contributed by atoms with Gasteiger partial charge in [0.2, 0.25) is 5.88 Å². The van der Waals surface area contributed by atoms with Crippen LogP contribution in [0.2, 0.25) is 0 Å². The standard InChI is InChI=1S/C16H20ClN3O/c1-4-21-15-10-14(18-12(2)19-15)20-16(3,11-17)13-8-6-5-7-9-13/h5-10H,4,11H2,1-3H3,(H,18,19,20). The van der Waals surface area contributed by atoms with Crippen LogP contribution in [0.5, 0.6) is 5.88 Å². The third-order valence-electron chi connectivity index (χ3n) is 3.19. The molecular formula is C16H20ClN3O. The molecule has 0 aliphatic rings. The van der Waals surface area contributed by atoms with Gasteiger partial charge in [-0.2, -0.15) is 4.98 Å². The molecule has 0 amide bonds. The van der Waals surface area contributed by atoms with E-state index < -0.39 is 5.54 Å². The predicted octanol–water partition coefficient (Wildman–Crippen LogP) is 3.75. The van der Waals surface area contributed by atoms with Gasteiger partial charge >= 0.3 is 0 Å². The highest BCUT2D eigenvalue weighted by Gasteiger charge is 2.26. The van der Waals surface area contributed by atoms with Crippen molar-refractivity contribution in [1.82, 2.24) is 9.97 Å². The SMILES string of the molecule is CCOc1cc(NC(C)(CCl)c2ccccc2)nc(C)n1. The van der Waals surface area contributed by atoms with Crippen LogP contribution in [-0.4, -0.2) is 22.5 Å². The molecule has 1 aromatic heterocycles. The number of ether oxygens (including phenoxy) is 1. The Labute approximate surface area is 130 Å². The van der Waals surface area contributed by atoms with E-state index in [-0.39, 0.29) is 0 Å². The number of alkyl halides is 1. The topological polar surface area (TPSA) is 47.0 Å². The van der Waals surface area contributed by atoms with E-state index in [4.69, 9.17) is 16.3 Å². The summed E-state index contributed by atoms with van der Waals surface area (Å²) in [4.78, 5) is 8.66. The van der Waals surface area contributed by atoms with Gasteiger partial charge in [-0.05, 0) is 26.3 Å². The minimum atomic E-state index is -0.410. The summed E-state index contributed by atoms with van der Waals surface area (Å²) in [6, 6.07) is 11.9. The van der Waals surface area contributed by atoms with Crippen LogP contribution in [-0.2, 0) is 5.54 Å². The normalized spacial score (nSPS) is 13.5. The lowest BCUT2D eigenvalue weighted by Crippen LogP contribution is -2.34. The summed E-state index contributed by atoms with van der Waals surface area (Å²) in [5, 5.41) is 3.40. The summed E-state index contributed by atoms with van der Waals surface area (Å²) in [5.41, 5.74) is 0.696. The van der Waals surface area contributed by atoms with E-state index in [9.17, 15) is 0 Å². The van der Waals surface area contributed by atoms with Gasteiger partial charge in [0, 0.05) is 11.9 Å². The zero-order valence-corrected chi connectivity index (χ0v) is 13.3. The Bertz CT molecular complexity index is 591. The molecule has 0 bridgehead atoms. The molecule has 1 unspecified atom stereocenters. The number of anilines is 1. The predicted molar refractivity (Wildman–Crippen MR) is 86.1 cm³/mol. The van der Waals surface area contributed by atoms with E-state index in [1.807, 2.05) is 51.1 Å². The molecule has 112 valence electrons. The van der Waals surface area contributed by atoms with Crippen LogP contribution in [0.3, 0.4) is 0 Å². The zero-order valence-electron chi connectivity index (χ0n) is 12.6. The second kappa shape index (κ2) is 6.76. The van der Waals surface area contributed by atoms with Crippen LogP contribution in [0.1, 0.15) is 25.2 Å². The van der Waals surface area contributed by atoms with E-state index in [0.717, 1.165) is 5.56 Å². The summed E-state index contributed by atoms with van der Waals surface area (Å²) in [5.74, 6) is 2.35. The summed E-state index contributed by atoms with van der Waals surface area (Å²) in [7, 11) is 0. The molecule has 1 atom stereocenters. The fraction of sp³-hybridized carbons (Fsp3) is 0.375. The van der Waals surface area contributed by atoms with Crippen molar-refractivity contribution in [2.75, 3.05) is 17.8 Å². The Morgan fingerprint density at radius 1 is 1.24 bits per heavy atom. The minimum Gasteiger partial charge on any atom is -0.478 e. The average molecular weight is 306 g/mol. The molecule has 1 N–H and O–H groups in total. The quantitative estimate of drug-likeness (QED) is 0.826. The van der Waals surface area contributed by atoms with Gasteiger partial charge in [-0.1, -0.05) is 30.3 Å². The molecule has 0 saturated carbocycles. The number of hydrogen-bond acceptors (Lipinski definition) is 4. The number of rotatable bonds is 6. The Balaban J connectivity index is 2.30. The van der Waals surface area contributed by atoms with Crippen molar-refractivity contribution in [2.45, 2.75) is 26.3 Å². The van der Waals surface area contributed by atoms with Gasteiger partial charge in [0.05, 0.1) is 12.1 Å². The maximum atomic E-state index is 6.20. The van der Waals surface area contributed by atoms with Crippen molar-refractivity contribution in [3.8, 4) is 5.88 Å². The van der Waals surface area contributed by atoms with E-state index in [1.54, 1.807) is 6.07 Å². The van der Waals surface area contributed by atoms with Gasteiger partial charge in [-0.15, -0.1) is 11.6 Å². The smallest absolute Gasteiger partial charge is 0.218 e.